The van der Waals surface area contributed by atoms with Crippen LogP contribution >= 0.6 is 11.3 Å². The van der Waals surface area contributed by atoms with Gasteiger partial charge in [-0.3, -0.25) is 4.79 Å². The molecule has 1 aliphatic rings. The highest BCUT2D eigenvalue weighted by atomic mass is 32.1. The third-order valence-corrected chi connectivity index (χ3v) is 6.76. The summed E-state index contributed by atoms with van der Waals surface area (Å²) in [4.78, 5) is 22.0. The quantitative estimate of drug-likeness (QED) is 0.605. The van der Waals surface area contributed by atoms with E-state index in [1.807, 2.05) is 17.0 Å². The minimum absolute atomic E-state index is 0.0995. The zero-order chi connectivity index (χ0) is 20.6. The van der Waals surface area contributed by atoms with Crippen molar-refractivity contribution >= 4 is 32.6 Å². The zero-order valence-corrected chi connectivity index (χ0v) is 18.6. The number of anilines is 1. The largest absolute Gasteiger partial charge is 0.345 e. The van der Waals surface area contributed by atoms with Crippen molar-refractivity contribution < 1.29 is 4.79 Å². The van der Waals surface area contributed by atoms with Crippen LogP contribution in [-0.4, -0.2) is 42.0 Å². The summed E-state index contributed by atoms with van der Waals surface area (Å²) in [6, 6.07) is 14.6. The van der Waals surface area contributed by atoms with Crippen LogP contribution in [-0.2, 0) is 11.8 Å². The van der Waals surface area contributed by atoms with Crippen molar-refractivity contribution in [2.75, 3.05) is 31.1 Å². The average molecular weight is 408 g/mol. The maximum Gasteiger partial charge on any atom is 0.253 e. The van der Waals surface area contributed by atoms with Gasteiger partial charge >= 0.3 is 0 Å². The second kappa shape index (κ2) is 7.79. The summed E-state index contributed by atoms with van der Waals surface area (Å²) in [5, 5.41) is 1.06. The van der Waals surface area contributed by atoms with Gasteiger partial charge in [0.05, 0.1) is 10.2 Å². The Balaban J connectivity index is 1.42. The summed E-state index contributed by atoms with van der Waals surface area (Å²) < 4.78 is 1.25. The van der Waals surface area contributed by atoms with Crippen molar-refractivity contribution in [1.82, 2.24) is 9.88 Å². The molecule has 3 aromatic rings. The first-order valence-corrected chi connectivity index (χ1v) is 11.2. The number of thiazole rings is 1. The van der Waals surface area contributed by atoms with Gasteiger partial charge in [0.1, 0.15) is 0 Å². The summed E-state index contributed by atoms with van der Waals surface area (Å²) >= 11 is 1.75. The molecular formula is C24H29N3OS. The van der Waals surface area contributed by atoms with Crippen molar-refractivity contribution in [2.45, 2.75) is 39.5 Å². The summed E-state index contributed by atoms with van der Waals surface area (Å²) in [6.45, 7) is 11.9. The fraction of sp³-hybridized carbons (Fsp3) is 0.417. The molecule has 1 fully saturated rings. The Labute approximate surface area is 177 Å². The number of rotatable bonds is 3. The van der Waals surface area contributed by atoms with Crippen molar-refractivity contribution in [3.63, 3.8) is 0 Å². The van der Waals surface area contributed by atoms with Gasteiger partial charge < -0.3 is 9.80 Å². The number of hydrogen-bond donors (Lipinski definition) is 0. The molecule has 2 heterocycles. The molecule has 1 aliphatic heterocycles. The fourth-order valence-corrected chi connectivity index (χ4v) is 4.79. The van der Waals surface area contributed by atoms with Crippen LogP contribution in [0, 0.1) is 0 Å². The molecule has 0 spiro atoms. The highest BCUT2D eigenvalue weighted by Gasteiger charge is 2.24. The first-order chi connectivity index (χ1) is 13.8. The number of piperazine rings is 1. The zero-order valence-electron chi connectivity index (χ0n) is 17.7. The van der Waals surface area contributed by atoms with Crippen LogP contribution < -0.4 is 4.90 Å². The number of fused-ring (bicyclic) bond motifs is 1. The average Bonchev–Trinajstić information content (AvgIpc) is 3.16. The first kappa shape index (κ1) is 19.9. The molecule has 1 amide bonds. The Morgan fingerprint density at radius 2 is 1.72 bits per heavy atom. The van der Waals surface area contributed by atoms with Crippen LogP contribution in [0.25, 0.3) is 10.2 Å². The molecular weight excluding hydrogens is 378 g/mol. The fourth-order valence-electron chi connectivity index (χ4n) is 3.71. The number of carbonyl (C=O) groups excluding carboxylic acids is 1. The smallest absolute Gasteiger partial charge is 0.253 e. The maximum atomic E-state index is 12.9. The standard InChI is InChI=1S/C24H29N3OS/c1-5-17-6-11-20-21(16-17)29-23(25-20)27-14-12-26(13-15-27)22(28)18-7-9-19(10-8-18)24(2,3)4/h6-11,16H,5,12-15H2,1-4H3. The Morgan fingerprint density at radius 3 is 2.34 bits per heavy atom. The van der Waals surface area contributed by atoms with Gasteiger partial charge in [0.15, 0.2) is 5.13 Å². The molecule has 4 nitrogen and oxygen atoms in total. The van der Waals surface area contributed by atoms with Crippen LogP contribution in [0.3, 0.4) is 0 Å². The van der Waals surface area contributed by atoms with E-state index in [0.29, 0.717) is 0 Å². The van der Waals surface area contributed by atoms with Gasteiger partial charge in [0.25, 0.3) is 5.91 Å². The second-order valence-corrected chi connectivity index (χ2v) is 9.77. The highest BCUT2D eigenvalue weighted by Crippen LogP contribution is 2.30. The Morgan fingerprint density at radius 1 is 1.03 bits per heavy atom. The minimum Gasteiger partial charge on any atom is -0.345 e. The van der Waals surface area contributed by atoms with E-state index in [1.165, 1.54) is 15.8 Å². The molecule has 29 heavy (non-hydrogen) atoms. The van der Waals surface area contributed by atoms with Gasteiger partial charge in [-0.05, 0) is 47.2 Å². The second-order valence-electron chi connectivity index (χ2n) is 8.76. The van der Waals surface area contributed by atoms with Gasteiger partial charge in [-0.15, -0.1) is 0 Å². The van der Waals surface area contributed by atoms with Gasteiger partial charge in [-0.2, -0.15) is 0 Å². The SMILES string of the molecule is CCc1ccc2nc(N3CCN(C(=O)c4ccc(C(C)(C)C)cc4)CC3)sc2c1. The topological polar surface area (TPSA) is 36.4 Å². The first-order valence-electron chi connectivity index (χ1n) is 10.4. The monoisotopic (exact) mass is 407 g/mol. The molecule has 2 aromatic carbocycles. The van der Waals surface area contributed by atoms with E-state index in [9.17, 15) is 4.79 Å². The third kappa shape index (κ3) is 4.15. The molecule has 1 aromatic heterocycles. The van der Waals surface area contributed by atoms with Crippen LogP contribution in [0.2, 0.25) is 0 Å². The molecule has 1 saturated heterocycles. The van der Waals surface area contributed by atoms with E-state index >= 15 is 0 Å². The van der Waals surface area contributed by atoms with E-state index in [2.05, 4.69) is 62.9 Å². The van der Waals surface area contributed by atoms with Crippen LogP contribution in [0.4, 0.5) is 5.13 Å². The summed E-state index contributed by atoms with van der Waals surface area (Å²) in [7, 11) is 0. The van der Waals surface area contributed by atoms with Crippen LogP contribution in [0.1, 0.15) is 49.2 Å². The molecule has 0 saturated carbocycles. The molecule has 0 atom stereocenters. The molecule has 152 valence electrons. The van der Waals surface area contributed by atoms with Gasteiger partial charge in [0.2, 0.25) is 0 Å². The number of benzene rings is 2. The number of aromatic nitrogens is 1. The van der Waals surface area contributed by atoms with E-state index < -0.39 is 0 Å². The van der Waals surface area contributed by atoms with Gasteiger partial charge in [-0.1, -0.05) is 57.2 Å². The summed E-state index contributed by atoms with van der Waals surface area (Å²) in [6.07, 6.45) is 1.04. The summed E-state index contributed by atoms with van der Waals surface area (Å²) in [5.74, 6) is 0.127. The number of aryl methyl sites for hydroxylation is 1. The molecule has 0 aliphatic carbocycles. The third-order valence-electron chi connectivity index (χ3n) is 5.69. The van der Waals surface area contributed by atoms with Gasteiger partial charge in [-0.25, -0.2) is 4.98 Å². The lowest BCUT2D eigenvalue weighted by Gasteiger charge is -2.34. The highest BCUT2D eigenvalue weighted by molar-refractivity contribution is 7.22. The number of nitrogens with zero attached hydrogens (tertiary/aromatic N) is 3. The minimum atomic E-state index is 0.0995. The van der Waals surface area contributed by atoms with Crippen molar-refractivity contribution in [2.24, 2.45) is 0 Å². The van der Waals surface area contributed by atoms with E-state index in [1.54, 1.807) is 11.3 Å². The molecule has 5 heteroatoms. The Kier molecular flexibility index (Phi) is 5.34. The Hall–Kier alpha value is -2.40. The lowest BCUT2D eigenvalue weighted by atomic mass is 9.86. The normalized spacial score (nSPS) is 15.2. The number of carbonyl (C=O) groups is 1. The van der Waals surface area contributed by atoms with Crippen molar-refractivity contribution in [3.8, 4) is 0 Å². The Bertz CT molecular complexity index is 1010. The van der Waals surface area contributed by atoms with Crippen molar-refractivity contribution in [1.29, 1.82) is 0 Å². The predicted molar refractivity (Wildman–Crippen MR) is 122 cm³/mol. The van der Waals surface area contributed by atoms with Crippen LogP contribution in [0.5, 0.6) is 0 Å². The molecule has 4 rings (SSSR count). The van der Waals surface area contributed by atoms with E-state index in [4.69, 9.17) is 4.98 Å². The summed E-state index contributed by atoms with van der Waals surface area (Å²) in [5.41, 5.74) is 4.54. The molecule has 0 N–H and O–H groups in total. The van der Waals surface area contributed by atoms with Crippen LogP contribution in [0.15, 0.2) is 42.5 Å². The molecule has 0 unspecified atom stereocenters. The van der Waals surface area contributed by atoms with E-state index in [-0.39, 0.29) is 11.3 Å². The molecule has 0 bridgehead atoms. The lowest BCUT2D eigenvalue weighted by Crippen LogP contribution is -2.48. The van der Waals surface area contributed by atoms with E-state index in [0.717, 1.165) is 48.8 Å². The van der Waals surface area contributed by atoms with Gasteiger partial charge in [0, 0.05) is 31.7 Å². The predicted octanol–water partition coefficient (Wildman–Crippen LogP) is 5.12. The molecule has 0 radical (unpaired) electrons. The number of amides is 1. The lowest BCUT2D eigenvalue weighted by molar-refractivity contribution is 0.0746. The number of hydrogen-bond acceptors (Lipinski definition) is 4. The maximum absolute atomic E-state index is 12.9. The van der Waals surface area contributed by atoms with Crippen molar-refractivity contribution in [3.05, 3.63) is 59.2 Å².